The summed E-state index contributed by atoms with van der Waals surface area (Å²) >= 11 is 5.72. The standard InChI is InChI=1S/C10H10ClNO/c1-8(13-7-12-2)9-3-5-10(11)6-4-9/h3-7H,1H2,2H3. The van der Waals surface area contributed by atoms with Crippen molar-refractivity contribution in [2.75, 3.05) is 7.05 Å². The summed E-state index contributed by atoms with van der Waals surface area (Å²) in [5, 5.41) is 0.695. The maximum absolute atomic E-state index is 5.72. The molecule has 0 aromatic heterocycles. The van der Waals surface area contributed by atoms with Gasteiger partial charge in [0.1, 0.15) is 5.76 Å². The first-order valence-corrected chi connectivity index (χ1v) is 4.14. The third kappa shape index (κ3) is 2.92. The summed E-state index contributed by atoms with van der Waals surface area (Å²) in [6.07, 6.45) is 1.34. The molecule has 0 heterocycles. The first-order chi connectivity index (χ1) is 6.24. The Morgan fingerprint density at radius 1 is 1.46 bits per heavy atom. The normalized spacial score (nSPS) is 10.3. The molecule has 3 heteroatoms. The fourth-order valence-electron chi connectivity index (χ4n) is 0.820. The van der Waals surface area contributed by atoms with Gasteiger partial charge >= 0.3 is 0 Å². The van der Waals surface area contributed by atoms with Crippen molar-refractivity contribution < 1.29 is 4.74 Å². The van der Waals surface area contributed by atoms with Gasteiger partial charge in [-0.25, -0.2) is 0 Å². The lowest BCUT2D eigenvalue weighted by atomic mass is 10.2. The topological polar surface area (TPSA) is 21.6 Å². The second-order valence-electron chi connectivity index (χ2n) is 2.41. The van der Waals surface area contributed by atoms with Crippen LogP contribution in [0.3, 0.4) is 0 Å². The van der Waals surface area contributed by atoms with Crippen molar-refractivity contribution in [3.63, 3.8) is 0 Å². The van der Waals surface area contributed by atoms with Crippen LogP contribution in [0.4, 0.5) is 0 Å². The molecule has 13 heavy (non-hydrogen) atoms. The molecule has 0 spiro atoms. The zero-order valence-electron chi connectivity index (χ0n) is 7.33. The largest absolute Gasteiger partial charge is 0.446 e. The molecule has 1 aromatic carbocycles. The molecular formula is C10H10ClNO. The van der Waals surface area contributed by atoms with Crippen molar-refractivity contribution in [3.8, 4) is 0 Å². The minimum Gasteiger partial charge on any atom is -0.446 e. The fraction of sp³-hybridized carbons (Fsp3) is 0.100. The molecule has 0 aliphatic heterocycles. The van der Waals surface area contributed by atoms with Crippen LogP contribution in [0, 0.1) is 0 Å². The van der Waals surface area contributed by atoms with E-state index in [1.165, 1.54) is 6.40 Å². The Bertz CT molecular complexity index is 316. The molecular weight excluding hydrogens is 186 g/mol. The van der Waals surface area contributed by atoms with Gasteiger partial charge in [-0.2, -0.15) is 0 Å². The van der Waals surface area contributed by atoms with E-state index in [0.29, 0.717) is 10.8 Å². The second kappa shape index (κ2) is 4.67. The van der Waals surface area contributed by atoms with Gasteiger partial charge in [-0.1, -0.05) is 18.2 Å². The van der Waals surface area contributed by atoms with Crippen molar-refractivity contribution in [3.05, 3.63) is 41.4 Å². The van der Waals surface area contributed by atoms with E-state index in [1.807, 2.05) is 12.1 Å². The lowest BCUT2D eigenvalue weighted by Gasteiger charge is -2.02. The van der Waals surface area contributed by atoms with Gasteiger partial charge in [-0.3, -0.25) is 4.99 Å². The van der Waals surface area contributed by atoms with Crippen LogP contribution in [0.1, 0.15) is 5.56 Å². The molecule has 1 rings (SSSR count). The highest BCUT2D eigenvalue weighted by Gasteiger charge is 1.97. The zero-order valence-corrected chi connectivity index (χ0v) is 8.08. The average Bonchev–Trinajstić information content (AvgIpc) is 2.15. The number of hydrogen-bond acceptors (Lipinski definition) is 2. The van der Waals surface area contributed by atoms with Gasteiger partial charge in [-0.05, 0) is 24.3 Å². The highest BCUT2D eigenvalue weighted by atomic mass is 35.5. The van der Waals surface area contributed by atoms with E-state index in [4.69, 9.17) is 16.3 Å². The van der Waals surface area contributed by atoms with Gasteiger partial charge in [0.15, 0.2) is 6.40 Å². The Morgan fingerprint density at radius 3 is 2.62 bits per heavy atom. The highest BCUT2D eigenvalue weighted by molar-refractivity contribution is 6.30. The van der Waals surface area contributed by atoms with Crippen LogP contribution >= 0.6 is 11.6 Å². The van der Waals surface area contributed by atoms with E-state index in [1.54, 1.807) is 19.2 Å². The molecule has 0 aliphatic carbocycles. The minimum atomic E-state index is 0.558. The first kappa shape index (κ1) is 9.81. The van der Waals surface area contributed by atoms with Gasteiger partial charge in [0.25, 0.3) is 0 Å². The molecule has 68 valence electrons. The summed E-state index contributed by atoms with van der Waals surface area (Å²) in [5.41, 5.74) is 0.893. The monoisotopic (exact) mass is 195 g/mol. The van der Waals surface area contributed by atoms with Gasteiger partial charge in [0, 0.05) is 17.6 Å². The number of halogens is 1. The van der Waals surface area contributed by atoms with E-state index in [2.05, 4.69) is 11.6 Å². The Morgan fingerprint density at radius 2 is 2.08 bits per heavy atom. The fourth-order valence-corrected chi connectivity index (χ4v) is 0.946. The zero-order chi connectivity index (χ0) is 9.68. The van der Waals surface area contributed by atoms with Gasteiger partial charge < -0.3 is 4.74 Å². The number of ether oxygens (including phenoxy) is 1. The summed E-state index contributed by atoms with van der Waals surface area (Å²) in [5.74, 6) is 0.558. The van der Waals surface area contributed by atoms with Crippen LogP contribution in [0.5, 0.6) is 0 Å². The summed E-state index contributed by atoms with van der Waals surface area (Å²) in [7, 11) is 1.63. The Balaban J connectivity index is 2.72. The van der Waals surface area contributed by atoms with Gasteiger partial charge in [0.2, 0.25) is 0 Å². The molecule has 0 bridgehead atoms. The van der Waals surface area contributed by atoms with E-state index in [0.717, 1.165) is 5.56 Å². The summed E-state index contributed by atoms with van der Waals surface area (Å²) in [6, 6.07) is 7.26. The number of nitrogens with zero attached hydrogens (tertiary/aromatic N) is 1. The quantitative estimate of drug-likeness (QED) is 0.413. The number of hydrogen-bond donors (Lipinski definition) is 0. The number of benzene rings is 1. The molecule has 1 aromatic rings. The summed E-state index contributed by atoms with van der Waals surface area (Å²) in [4.78, 5) is 3.68. The lowest BCUT2D eigenvalue weighted by Crippen LogP contribution is -1.87. The molecule has 0 amide bonds. The van der Waals surface area contributed by atoms with E-state index in [-0.39, 0.29) is 0 Å². The van der Waals surface area contributed by atoms with Crippen molar-refractivity contribution in [1.82, 2.24) is 0 Å². The smallest absolute Gasteiger partial charge is 0.176 e. The van der Waals surface area contributed by atoms with E-state index in [9.17, 15) is 0 Å². The van der Waals surface area contributed by atoms with Crippen LogP contribution in [-0.2, 0) is 4.74 Å². The van der Waals surface area contributed by atoms with Gasteiger partial charge in [-0.15, -0.1) is 0 Å². The molecule has 0 N–H and O–H groups in total. The molecule has 0 saturated carbocycles. The maximum Gasteiger partial charge on any atom is 0.176 e. The van der Waals surface area contributed by atoms with Crippen LogP contribution < -0.4 is 0 Å². The van der Waals surface area contributed by atoms with Crippen molar-refractivity contribution in [1.29, 1.82) is 0 Å². The summed E-state index contributed by atoms with van der Waals surface area (Å²) < 4.78 is 5.09. The van der Waals surface area contributed by atoms with Crippen molar-refractivity contribution in [2.24, 2.45) is 4.99 Å². The molecule has 0 radical (unpaired) electrons. The second-order valence-corrected chi connectivity index (χ2v) is 2.85. The summed E-state index contributed by atoms with van der Waals surface area (Å²) in [6.45, 7) is 3.74. The van der Waals surface area contributed by atoms with E-state index < -0.39 is 0 Å². The SMILES string of the molecule is C=C(OC=NC)c1ccc(Cl)cc1. The molecule has 2 nitrogen and oxygen atoms in total. The van der Waals surface area contributed by atoms with Gasteiger partial charge in [0.05, 0.1) is 0 Å². The van der Waals surface area contributed by atoms with Crippen molar-refractivity contribution in [2.45, 2.75) is 0 Å². The van der Waals surface area contributed by atoms with Crippen LogP contribution in [0.25, 0.3) is 5.76 Å². The van der Waals surface area contributed by atoms with Crippen molar-refractivity contribution >= 4 is 23.8 Å². The third-order valence-electron chi connectivity index (χ3n) is 1.47. The van der Waals surface area contributed by atoms with Crippen LogP contribution in [-0.4, -0.2) is 13.4 Å². The maximum atomic E-state index is 5.72. The molecule has 0 saturated heterocycles. The molecule has 0 fully saturated rings. The predicted molar refractivity (Wildman–Crippen MR) is 56.0 cm³/mol. The number of aliphatic imine (C=N–C) groups is 1. The highest BCUT2D eigenvalue weighted by Crippen LogP contribution is 2.16. The average molecular weight is 196 g/mol. The minimum absolute atomic E-state index is 0.558. The predicted octanol–water partition coefficient (Wildman–Crippen LogP) is 2.99. The van der Waals surface area contributed by atoms with Crippen LogP contribution in [0.15, 0.2) is 35.8 Å². The first-order valence-electron chi connectivity index (χ1n) is 3.76. The third-order valence-corrected chi connectivity index (χ3v) is 1.72. The Labute approximate surface area is 82.5 Å². The molecule has 0 atom stereocenters. The molecule has 0 aliphatic rings. The number of rotatable bonds is 3. The Kier molecular flexibility index (Phi) is 3.53. The molecule has 0 unspecified atom stereocenters. The lowest BCUT2D eigenvalue weighted by molar-refractivity contribution is 0.531. The Hall–Kier alpha value is -1.28. The van der Waals surface area contributed by atoms with E-state index >= 15 is 0 Å². The van der Waals surface area contributed by atoms with Crippen LogP contribution in [0.2, 0.25) is 5.02 Å².